The Morgan fingerprint density at radius 3 is 2.23 bits per heavy atom. The summed E-state index contributed by atoms with van der Waals surface area (Å²) in [6.45, 7) is 7.84. The quantitative estimate of drug-likeness (QED) is 0.822. The number of hydrogen-bond acceptors (Lipinski definition) is 4. The van der Waals surface area contributed by atoms with E-state index in [0.29, 0.717) is 0 Å². The molecule has 0 amide bonds. The minimum atomic E-state index is 0.0322. The van der Waals surface area contributed by atoms with E-state index in [1.54, 1.807) is 0 Å². The van der Waals surface area contributed by atoms with Gasteiger partial charge >= 0.3 is 0 Å². The molecule has 2 aliphatic rings. The summed E-state index contributed by atoms with van der Waals surface area (Å²) in [4.78, 5) is 0. The van der Waals surface area contributed by atoms with Gasteiger partial charge in [0.25, 0.3) is 0 Å². The number of fused-ring (bicyclic) bond motifs is 1. The molecular weight excluding hydrogens is 280 g/mol. The van der Waals surface area contributed by atoms with Gasteiger partial charge in [-0.3, -0.25) is 0 Å². The predicted molar refractivity (Wildman–Crippen MR) is 83.4 cm³/mol. The fraction of sp³-hybridized carbons (Fsp3) is 0.444. The van der Waals surface area contributed by atoms with Gasteiger partial charge in [-0.15, -0.1) is 0 Å². The molecule has 0 aromatic heterocycles. The molecule has 0 radical (unpaired) electrons. The molecule has 0 saturated carbocycles. The highest BCUT2D eigenvalue weighted by Crippen LogP contribution is 2.36. The van der Waals surface area contributed by atoms with E-state index in [1.807, 2.05) is 52.0 Å². The number of rotatable bonds is 3. The van der Waals surface area contributed by atoms with E-state index in [-0.39, 0.29) is 12.2 Å². The highest BCUT2D eigenvalue weighted by Gasteiger charge is 2.28. The van der Waals surface area contributed by atoms with Crippen molar-refractivity contribution in [3.63, 3.8) is 0 Å². The van der Waals surface area contributed by atoms with Gasteiger partial charge in [-0.2, -0.15) is 0 Å². The van der Waals surface area contributed by atoms with Crippen LogP contribution in [0.15, 0.2) is 47.3 Å². The van der Waals surface area contributed by atoms with Gasteiger partial charge in [0.15, 0.2) is 11.5 Å². The lowest BCUT2D eigenvalue weighted by Crippen LogP contribution is -2.33. The Morgan fingerprint density at radius 2 is 1.50 bits per heavy atom. The lowest BCUT2D eigenvalue weighted by molar-refractivity contribution is -0.0571. The maximum atomic E-state index is 5.96. The number of hydrogen-bond donors (Lipinski definition) is 0. The van der Waals surface area contributed by atoms with Crippen LogP contribution in [0, 0.1) is 0 Å². The average Bonchev–Trinajstić information content (AvgIpc) is 2.49. The predicted octanol–water partition coefficient (Wildman–Crippen LogP) is 4.52. The summed E-state index contributed by atoms with van der Waals surface area (Å²) < 4.78 is 23.5. The van der Waals surface area contributed by atoms with E-state index in [1.165, 1.54) is 0 Å². The van der Waals surface area contributed by atoms with Crippen LogP contribution in [-0.4, -0.2) is 12.2 Å². The first-order valence-electron chi connectivity index (χ1n) is 7.70. The third kappa shape index (κ3) is 2.91. The second kappa shape index (κ2) is 5.95. The zero-order chi connectivity index (χ0) is 15.7. The molecule has 0 N–H and O–H groups in total. The van der Waals surface area contributed by atoms with Crippen LogP contribution in [-0.2, 0) is 9.47 Å². The SMILES string of the molecule is CC1=C(C)O[C@H](CCC2=C(C)Oc3ccccc3O2)[C@H](C)O1. The Morgan fingerprint density at radius 1 is 0.864 bits per heavy atom. The summed E-state index contributed by atoms with van der Waals surface area (Å²) in [6.07, 6.45) is 1.65. The molecule has 4 nitrogen and oxygen atoms in total. The molecule has 4 heteroatoms. The largest absolute Gasteiger partial charge is 0.488 e. The van der Waals surface area contributed by atoms with E-state index in [0.717, 1.165) is 47.4 Å². The summed E-state index contributed by atoms with van der Waals surface area (Å²) in [5.41, 5.74) is 0. The van der Waals surface area contributed by atoms with Crippen molar-refractivity contribution in [1.82, 2.24) is 0 Å². The molecule has 1 aromatic rings. The smallest absolute Gasteiger partial charge is 0.169 e. The molecule has 0 unspecified atom stereocenters. The minimum absolute atomic E-state index is 0.0322. The Kier molecular flexibility index (Phi) is 4.01. The van der Waals surface area contributed by atoms with Crippen LogP contribution in [0.25, 0.3) is 0 Å². The molecule has 2 heterocycles. The standard InChI is InChI=1S/C18H22O4/c1-11-12(2)20-15(13(3)19-11)9-10-16-14(4)21-17-7-5-6-8-18(17)22-16/h5-8,13,15H,9-10H2,1-4H3/t13-,15+/m0/s1. The molecule has 1 aromatic carbocycles. The Balaban J connectivity index is 1.65. The van der Waals surface area contributed by atoms with Crippen LogP contribution >= 0.6 is 0 Å². The zero-order valence-corrected chi connectivity index (χ0v) is 13.5. The summed E-state index contributed by atoms with van der Waals surface area (Å²) in [5.74, 6) is 4.93. The van der Waals surface area contributed by atoms with Crippen molar-refractivity contribution in [2.24, 2.45) is 0 Å². The first-order chi connectivity index (χ1) is 10.5. The molecule has 3 rings (SSSR count). The second-order valence-corrected chi connectivity index (χ2v) is 5.76. The monoisotopic (exact) mass is 302 g/mol. The number of allylic oxidation sites excluding steroid dienone is 4. The van der Waals surface area contributed by atoms with E-state index in [4.69, 9.17) is 18.9 Å². The van der Waals surface area contributed by atoms with Crippen molar-refractivity contribution in [3.05, 3.63) is 47.3 Å². The Bertz CT molecular complexity index is 630. The second-order valence-electron chi connectivity index (χ2n) is 5.76. The highest BCUT2D eigenvalue weighted by molar-refractivity contribution is 5.43. The molecule has 2 atom stereocenters. The fourth-order valence-electron chi connectivity index (χ4n) is 2.68. The van der Waals surface area contributed by atoms with Crippen LogP contribution in [0.5, 0.6) is 11.5 Å². The molecule has 0 saturated heterocycles. The van der Waals surface area contributed by atoms with E-state index in [9.17, 15) is 0 Å². The third-order valence-electron chi connectivity index (χ3n) is 4.10. The van der Waals surface area contributed by atoms with Crippen LogP contribution in [0.1, 0.15) is 40.5 Å². The molecule has 0 spiro atoms. The zero-order valence-electron chi connectivity index (χ0n) is 13.5. The normalized spacial score (nSPS) is 24.0. The number of benzene rings is 1. The van der Waals surface area contributed by atoms with Crippen molar-refractivity contribution in [3.8, 4) is 11.5 Å². The summed E-state index contributed by atoms with van der Waals surface area (Å²) in [6, 6.07) is 7.71. The van der Waals surface area contributed by atoms with Gasteiger partial charge in [0, 0.05) is 6.42 Å². The third-order valence-corrected chi connectivity index (χ3v) is 4.10. The first kappa shape index (κ1) is 14.8. The van der Waals surface area contributed by atoms with Gasteiger partial charge in [0.2, 0.25) is 0 Å². The maximum absolute atomic E-state index is 5.96. The number of ether oxygens (including phenoxy) is 4. The van der Waals surface area contributed by atoms with Gasteiger partial charge in [0.1, 0.15) is 35.2 Å². The van der Waals surface area contributed by atoms with Gasteiger partial charge in [-0.25, -0.2) is 0 Å². The van der Waals surface area contributed by atoms with Crippen LogP contribution in [0.2, 0.25) is 0 Å². The van der Waals surface area contributed by atoms with Gasteiger partial charge in [-0.05, 0) is 46.2 Å². The minimum Gasteiger partial charge on any atom is -0.488 e. The molecule has 2 aliphatic heterocycles. The number of para-hydroxylation sites is 2. The molecule has 0 aliphatic carbocycles. The lowest BCUT2D eigenvalue weighted by Gasteiger charge is -2.32. The van der Waals surface area contributed by atoms with Crippen molar-refractivity contribution < 1.29 is 18.9 Å². The van der Waals surface area contributed by atoms with Crippen molar-refractivity contribution in [1.29, 1.82) is 0 Å². The molecule has 22 heavy (non-hydrogen) atoms. The van der Waals surface area contributed by atoms with Crippen LogP contribution < -0.4 is 9.47 Å². The molecule has 118 valence electrons. The van der Waals surface area contributed by atoms with Crippen molar-refractivity contribution in [2.45, 2.75) is 52.7 Å². The fourth-order valence-corrected chi connectivity index (χ4v) is 2.68. The summed E-state index contributed by atoms with van der Waals surface area (Å²) >= 11 is 0. The lowest BCUT2D eigenvalue weighted by atomic mass is 10.1. The van der Waals surface area contributed by atoms with Gasteiger partial charge < -0.3 is 18.9 Å². The highest BCUT2D eigenvalue weighted by atomic mass is 16.6. The van der Waals surface area contributed by atoms with Crippen LogP contribution in [0.4, 0.5) is 0 Å². The van der Waals surface area contributed by atoms with Gasteiger partial charge in [-0.1, -0.05) is 12.1 Å². The molecule has 0 bridgehead atoms. The Labute approximate surface area is 131 Å². The average molecular weight is 302 g/mol. The van der Waals surface area contributed by atoms with Gasteiger partial charge in [0.05, 0.1) is 0 Å². The first-order valence-corrected chi connectivity index (χ1v) is 7.70. The molecule has 0 fully saturated rings. The van der Waals surface area contributed by atoms with Crippen molar-refractivity contribution in [2.75, 3.05) is 0 Å². The molecular formula is C18H22O4. The summed E-state index contributed by atoms with van der Waals surface area (Å²) in [7, 11) is 0. The van der Waals surface area contributed by atoms with Crippen LogP contribution in [0.3, 0.4) is 0 Å². The Hall–Kier alpha value is -2.10. The van der Waals surface area contributed by atoms with E-state index in [2.05, 4.69) is 0 Å². The topological polar surface area (TPSA) is 36.9 Å². The van der Waals surface area contributed by atoms with Crippen molar-refractivity contribution >= 4 is 0 Å². The van der Waals surface area contributed by atoms with E-state index >= 15 is 0 Å². The maximum Gasteiger partial charge on any atom is 0.169 e. The summed E-state index contributed by atoms with van der Waals surface area (Å²) in [5, 5.41) is 0. The van der Waals surface area contributed by atoms with E-state index < -0.39 is 0 Å².